The number of benzene rings is 1. The maximum atomic E-state index is 13.0. The van der Waals surface area contributed by atoms with Crippen LogP contribution in [0.15, 0.2) is 40.5 Å². The van der Waals surface area contributed by atoms with Gasteiger partial charge in [0.25, 0.3) is 0 Å². The van der Waals surface area contributed by atoms with Crippen molar-refractivity contribution in [1.29, 1.82) is 0 Å². The number of carbonyl (C=O) groups is 2. The lowest BCUT2D eigenvalue weighted by Gasteiger charge is -2.43. The number of ketones is 1. The van der Waals surface area contributed by atoms with Gasteiger partial charge >= 0.3 is 0 Å². The third-order valence-corrected chi connectivity index (χ3v) is 6.07. The molecule has 0 radical (unpaired) electrons. The quantitative estimate of drug-likeness (QED) is 0.796. The van der Waals surface area contributed by atoms with Crippen molar-refractivity contribution in [2.45, 2.75) is 39.2 Å². The number of ether oxygens (including phenoxy) is 1. The van der Waals surface area contributed by atoms with Gasteiger partial charge in [0.05, 0.1) is 18.8 Å². The zero-order chi connectivity index (χ0) is 18.5. The van der Waals surface area contributed by atoms with Crippen molar-refractivity contribution in [1.82, 2.24) is 4.90 Å². The monoisotopic (exact) mass is 370 g/mol. The van der Waals surface area contributed by atoms with Gasteiger partial charge in [-0.3, -0.25) is 14.5 Å². The predicted octanol–water partition coefficient (Wildman–Crippen LogP) is 3.71. The molecule has 1 saturated heterocycles. The molecule has 1 amide bonds. The molecule has 5 nitrogen and oxygen atoms in total. The van der Waals surface area contributed by atoms with Crippen LogP contribution in [0.3, 0.4) is 0 Å². The largest absolute Gasteiger partial charge is 0.497 e. The number of hydrogen-bond donors (Lipinski definition) is 0. The van der Waals surface area contributed by atoms with Crippen molar-refractivity contribution >= 4 is 28.6 Å². The van der Waals surface area contributed by atoms with Gasteiger partial charge in [0.15, 0.2) is 11.0 Å². The molecule has 26 heavy (non-hydrogen) atoms. The van der Waals surface area contributed by atoms with E-state index in [2.05, 4.69) is 13.8 Å². The van der Waals surface area contributed by atoms with Gasteiger partial charge in [0, 0.05) is 24.2 Å². The molecule has 1 atom stereocenters. The van der Waals surface area contributed by atoms with E-state index in [-0.39, 0.29) is 23.1 Å². The summed E-state index contributed by atoms with van der Waals surface area (Å²) < 4.78 is 5.25. The Bertz CT molecular complexity index is 839. The number of fused-ring (bicyclic) bond motifs is 1. The minimum absolute atomic E-state index is 0.0347. The highest BCUT2D eigenvalue weighted by Gasteiger charge is 2.45. The molecule has 1 aromatic carbocycles. The lowest BCUT2D eigenvalue weighted by atomic mass is 9.73. The summed E-state index contributed by atoms with van der Waals surface area (Å²) in [4.78, 5) is 32.2. The number of methoxy groups -OCH3 is 1. The molecular formula is C20H22N2O3S. The summed E-state index contributed by atoms with van der Waals surface area (Å²) in [6, 6.07) is 7.25. The van der Waals surface area contributed by atoms with Crippen LogP contribution in [-0.4, -0.2) is 34.6 Å². The summed E-state index contributed by atoms with van der Waals surface area (Å²) in [5.41, 5.74) is 2.36. The van der Waals surface area contributed by atoms with Gasteiger partial charge < -0.3 is 4.74 Å². The number of thioether (sulfide) groups is 1. The van der Waals surface area contributed by atoms with Crippen LogP contribution >= 0.6 is 11.8 Å². The summed E-state index contributed by atoms with van der Waals surface area (Å²) in [5.74, 6) is 1.63. The molecule has 0 saturated carbocycles. The standard InChI is InChI=1S/C20H22N2O3S/c1-20(2)10-14-17(15(23)11-20)18(12-4-6-13(25-3)7-5-12)22-16(24)8-9-26-19(22)21-14/h4-7,18H,8-11H2,1-3H3/t18-/m1/s1. The van der Waals surface area contributed by atoms with E-state index in [1.54, 1.807) is 23.8 Å². The van der Waals surface area contributed by atoms with Crippen LogP contribution in [0, 0.1) is 5.41 Å². The molecule has 0 spiro atoms. The zero-order valence-corrected chi connectivity index (χ0v) is 16.1. The molecule has 2 heterocycles. The van der Waals surface area contributed by atoms with E-state index in [4.69, 9.17) is 9.73 Å². The second kappa shape index (κ2) is 6.27. The number of rotatable bonds is 2. The zero-order valence-electron chi connectivity index (χ0n) is 15.2. The number of nitrogens with zero attached hydrogens (tertiary/aromatic N) is 2. The van der Waals surface area contributed by atoms with Crippen LogP contribution in [0.2, 0.25) is 0 Å². The Morgan fingerprint density at radius 2 is 1.92 bits per heavy atom. The van der Waals surface area contributed by atoms with Crippen molar-refractivity contribution in [2.24, 2.45) is 10.4 Å². The molecule has 0 bridgehead atoms. The van der Waals surface area contributed by atoms with Gasteiger partial charge in [0.2, 0.25) is 5.91 Å². The highest BCUT2D eigenvalue weighted by atomic mass is 32.2. The van der Waals surface area contributed by atoms with E-state index in [0.29, 0.717) is 18.4 Å². The van der Waals surface area contributed by atoms with Crippen molar-refractivity contribution in [2.75, 3.05) is 12.9 Å². The first kappa shape index (κ1) is 17.3. The lowest BCUT2D eigenvalue weighted by Crippen LogP contribution is -2.47. The second-order valence-electron chi connectivity index (χ2n) is 7.73. The maximum Gasteiger partial charge on any atom is 0.230 e. The van der Waals surface area contributed by atoms with Gasteiger partial charge in [-0.1, -0.05) is 37.7 Å². The second-order valence-corrected chi connectivity index (χ2v) is 8.80. The Morgan fingerprint density at radius 1 is 1.19 bits per heavy atom. The summed E-state index contributed by atoms with van der Waals surface area (Å²) in [6.45, 7) is 4.20. The lowest BCUT2D eigenvalue weighted by molar-refractivity contribution is -0.128. The van der Waals surface area contributed by atoms with Crippen molar-refractivity contribution in [3.05, 3.63) is 41.1 Å². The number of carbonyl (C=O) groups excluding carboxylic acids is 2. The predicted molar refractivity (Wildman–Crippen MR) is 102 cm³/mol. The molecule has 1 fully saturated rings. The molecule has 1 aliphatic carbocycles. The number of aliphatic imine (C=N–C) groups is 1. The van der Waals surface area contributed by atoms with Gasteiger partial charge in [0.1, 0.15) is 5.75 Å². The van der Waals surface area contributed by atoms with E-state index in [0.717, 1.165) is 34.4 Å². The van der Waals surface area contributed by atoms with E-state index in [9.17, 15) is 9.59 Å². The van der Waals surface area contributed by atoms with Gasteiger partial charge in [-0.25, -0.2) is 4.99 Å². The first-order valence-electron chi connectivity index (χ1n) is 8.83. The Kier molecular flexibility index (Phi) is 4.18. The molecule has 1 aromatic rings. The minimum atomic E-state index is -0.382. The average molecular weight is 370 g/mol. The number of Topliss-reactive ketones (excluding diaryl/α,β-unsaturated/α-hetero) is 1. The molecule has 4 rings (SSSR count). The maximum absolute atomic E-state index is 13.0. The fourth-order valence-electron chi connectivity index (χ4n) is 3.93. The molecule has 0 aromatic heterocycles. The Labute approximate surface area is 157 Å². The summed E-state index contributed by atoms with van der Waals surface area (Å²) >= 11 is 1.60. The highest BCUT2D eigenvalue weighted by Crippen LogP contribution is 2.47. The Morgan fingerprint density at radius 3 is 2.62 bits per heavy atom. The van der Waals surface area contributed by atoms with Crippen LogP contribution in [-0.2, 0) is 9.59 Å². The molecule has 2 aliphatic heterocycles. The van der Waals surface area contributed by atoms with E-state index < -0.39 is 0 Å². The Hall–Kier alpha value is -2.08. The number of hydrogen-bond acceptors (Lipinski definition) is 5. The molecule has 6 heteroatoms. The van der Waals surface area contributed by atoms with Crippen LogP contribution < -0.4 is 4.74 Å². The molecular weight excluding hydrogens is 348 g/mol. The summed E-state index contributed by atoms with van der Waals surface area (Å²) in [5, 5.41) is 0.728. The first-order chi connectivity index (χ1) is 12.4. The van der Waals surface area contributed by atoms with Crippen molar-refractivity contribution < 1.29 is 14.3 Å². The smallest absolute Gasteiger partial charge is 0.230 e. The van der Waals surface area contributed by atoms with E-state index in [1.165, 1.54) is 0 Å². The first-order valence-corrected chi connectivity index (χ1v) is 9.82. The fourth-order valence-corrected chi connectivity index (χ4v) is 4.91. The van der Waals surface area contributed by atoms with Crippen molar-refractivity contribution in [3.63, 3.8) is 0 Å². The van der Waals surface area contributed by atoms with Gasteiger partial charge in [-0.05, 0) is 29.5 Å². The number of allylic oxidation sites excluding steroid dienone is 1. The third kappa shape index (κ3) is 2.86. The van der Waals surface area contributed by atoms with Crippen LogP contribution in [0.25, 0.3) is 0 Å². The van der Waals surface area contributed by atoms with Crippen LogP contribution in [0.1, 0.15) is 44.7 Å². The average Bonchev–Trinajstić information content (AvgIpc) is 2.59. The Balaban J connectivity index is 1.87. The molecule has 0 unspecified atom stereocenters. The van der Waals surface area contributed by atoms with Gasteiger partial charge in [-0.2, -0.15) is 0 Å². The minimum Gasteiger partial charge on any atom is -0.497 e. The highest BCUT2D eigenvalue weighted by molar-refractivity contribution is 8.14. The SMILES string of the molecule is COc1ccc([C@@H]2C3=C(CC(C)(C)CC3=O)N=C3SCCC(=O)N32)cc1. The van der Waals surface area contributed by atoms with Crippen LogP contribution in [0.4, 0.5) is 0 Å². The summed E-state index contributed by atoms with van der Waals surface area (Å²) in [7, 11) is 1.62. The van der Waals surface area contributed by atoms with E-state index in [1.807, 2.05) is 24.3 Å². The molecule has 3 aliphatic rings. The number of amides is 1. The van der Waals surface area contributed by atoms with Crippen LogP contribution in [0.5, 0.6) is 5.75 Å². The summed E-state index contributed by atoms with van der Waals surface area (Å²) in [6.07, 6.45) is 1.71. The topological polar surface area (TPSA) is 59.0 Å². The molecule has 0 N–H and O–H groups in total. The fraction of sp³-hybridized carbons (Fsp3) is 0.450. The van der Waals surface area contributed by atoms with Gasteiger partial charge in [-0.15, -0.1) is 0 Å². The number of amidine groups is 1. The van der Waals surface area contributed by atoms with E-state index >= 15 is 0 Å². The van der Waals surface area contributed by atoms with Crippen molar-refractivity contribution in [3.8, 4) is 5.75 Å². The molecule has 136 valence electrons. The normalized spacial score (nSPS) is 24.8. The third-order valence-electron chi connectivity index (χ3n) is 5.11.